The van der Waals surface area contributed by atoms with Crippen molar-refractivity contribution in [1.82, 2.24) is 5.32 Å². The molecular weight excluding hydrogens is 310 g/mol. The lowest BCUT2D eigenvalue weighted by Crippen LogP contribution is -2.50. The van der Waals surface area contributed by atoms with Crippen LogP contribution in [0.3, 0.4) is 0 Å². The van der Waals surface area contributed by atoms with Crippen LogP contribution in [0, 0.1) is 0 Å². The van der Waals surface area contributed by atoms with E-state index in [1.807, 2.05) is 27.7 Å². The molecule has 0 saturated heterocycles. The Kier molecular flexibility index (Phi) is 8.00. The second kappa shape index (κ2) is 8.31. The van der Waals surface area contributed by atoms with Crippen molar-refractivity contribution in [1.29, 1.82) is 0 Å². The van der Waals surface area contributed by atoms with Crippen LogP contribution in [0.2, 0.25) is 18.1 Å². The van der Waals surface area contributed by atoms with E-state index >= 15 is 0 Å². The number of hydrogen-bond acceptors (Lipinski definition) is 4. The van der Waals surface area contributed by atoms with Gasteiger partial charge < -0.3 is 19.6 Å². The third-order valence-electron chi connectivity index (χ3n) is 3.92. The summed E-state index contributed by atoms with van der Waals surface area (Å²) < 4.78 is 11.6. The molecule has 0 heterocycles. The van der Waals surface area contributed by atoms with Gasteiger partial charge >= 0.3 is 6.09 Å². The first-order chi connectivity index (χ1) is 10.2. The van der Waals surface area contributed by atoms with Crippen molar-refractivity contribution in [3.8, 4) is 0 Å². The van der Waals surface area contributed by atoms with Gasteiger partial charge in [0.2, 0.25) is 0 Å². The smallest absolute Gasteiger partial charge is 0.408 e. The average Bonchev–Trinajstić information content (AvgIpc) is 2.29. The Hall–Kier alpha value is -0.853. The molecule has 0 aliphatic carbocycles. The third kappa shape index (κ3) is 8.53. The van der Waals surface area contributed by atoms with Crippen LogP contribution in [-0.4, -0.2) is 43.9 Å². The van der Waals surface area contributed by atoms with E-state index in [2.05, 4.69) is 39.2 Å². The van der Waals surface area contributed by atoms with Gasteiger partial charge in [0.1, 0.15) is 5.60 Å². The minimum Gasteiger partial charge on any atom is -0.444 e. The van der Waals surface area contributed by atoms with Crippen molar-refractivity contribution >= 4 is 14.4 Å². The molecule has 0 aromatic rings. The monoisotopic (exact) mass is 345 g/mol. The van der Waals surface area contributed by atoms with Gasteiger partial charge in [0.15, 0.2) is 8.32 Å². The molecule has 0 rings (SSSR count). The standard InChI is InChI=1S/C17H35NO4Si/c1-13(22-23(8,9)17(5,6)7)14(11-10-12-19)18-15(20)21-16(2,3)4/h10-11,13-14,19H,12H2,1-9H3,(H,18,20)/b11-10+/t13-,14+/m0/s1. The lowest BCUT2D eigenvalue weighted by molar-refractivity contribution is 0.0471. The molecular formula is C17H35NO4Si. The highest BCUT2D eigenvalue weighted by molar-refractivity contribution is 6.74. The zero-order chi connectivity index (χ0) is 18.5. The Bertz CT molecular complexity index is 408. The maximum atomic E-state index is 12.0. The fourth-order valence-electron chi connectivity index (χ4n) is 1.69. The Morgan fingerprint density at radius 2 is 1.74 bits per heavy atom. The van der Waals surface area contributed by atoms with Crippen LogP contribution in [0.1, 0.15) is 48.5 Å². The molecule has 0 aromatic heterocycles. The lowest BCUT2D eigenvalue weighted by atomic mass is 10.1. The predicted octanol–water partition coefficient (Wildman–Crippen LogP) is 3.84. The predicted molar refractivity (Wildman–Crippen MR) is 97.1 cm³/mol. The van der Waals surface area contributed by atoms with E-state index in [1.54, 1.807) is 12.2 Å². The number of ether oxygens (including phenoxy) is 1. The third-order valence-corrected chi connectivity index (χ3v) is 8.50. The van der Waals surface area contributed by atoms with Gasteiger partial charge in [-0.1, -0.05) is 32.9 Å². The van der Waals surface area contributed by atoms with Gasteiger partial charge in [-0.25, -0.2) is 4.79 Å². The summed E-state index contributed by atoms with van der Waals surface area (Å²) in [6.45, 7) is 18.2. The van der Waals surface area contributed by atoms with E-state index in [9.17, 15) is 4.79 Å². The molecule has 0 aliphatic rings. The summed E-state index contributed by atoms with van der Waals surface area (Å²) in [6, 6.07) is -0.355. The van der Waals surface area contributed by atoms with Gasteiger partial charge in [0.25, 0.3) is 0 Å². The largest absolute Gasteiger partial charge is 0.444 e. The van der Waals surface area contributed by atoms with Gasteiger partial charge in [0.05, 0.1) is 18.8 Å². The van der Waals surface area contributed by atoms with Crippen molar-refractivity contribution in [2.24, 2.45) is 0 Å². The topological polar surface area (TPSA) is 67.8 Å². The second-order valence-electron chi connectivity index (χ2n) is 8.37. The normalized spacial score (nSPS) is 16.3. The van der Waals surface area contributed by atoms with Crippen molar-refractivity contribution in [3.63, 3.8) is 0 Å². The summed E-state index contributed by atoms with van der Waals surface area (Å²) in [5, 5.41) is 11.9. The van der Waals surface area contributed by atoms with Crippen molar-refractivity contribution in [3.05, 3.63) is 12.2 Å². The van der Waals surface area contributed by atoms with Crippen LogP contribution < -0.4 is 5.32 Å². The molecule has 0 spiro atoms. The van der Waals surface area contributed by atoms with Gasteiger partial charge in [-0.05, 0) is 45.8 Å². The Labute approximate surface area is 142 Å². The Morgan fingerprint density at radius 3 is 2.13 bits per heavy atom. The summed E-state index contributed by atoms with van der Waals surface area (Å²) in [5.74, 6) is 0. The molecule has 23 heavy (non-hydrogen) atoms. The highest BCUT2D eigenvalue weighted by Crippen LogP contribution is 2.37. The Morgan fingerprint density at radius 1 is 1.22 bits per heavy atom. The first-order valence-corrected chi connectivity index (χ1v) is 11.1. The summed E-state index contributed by atoms with van der Waals surface area (Å²) >= 11 is 0. The zero-order valence-corrected chi connectivity index (χ0v) is 17.2. The van der Waals surface area contributed by atoms with Gasteiger partial charge in [-0.3, -0.25) is 0 Å². The number of aliphatic hydroxyl groups is 1. The summed E-state index contributed by atoms with van der Waals surface area (Å²) in [6.07, 6.45) is 2.65. The van der Waals surface area contributed by atoms with Crippen LogP contribution in [0.4, 0.5) is 4.79 Å². The number of hydrogen-bond donors (Lipinski definition) is 2. The van der Waals surface area contributed by atoms with Crippen LogP contribution in [0.15, 0.2) is 12.2 Å². The van der Waals surface area contributed by atoms with Gasteiger partial charge in [0, 0.05) is 0 Å². The summed E-state index contributed by atoms with van der Waals surface area (Å²) in [4.78, 5) is 12.0. The van der Waals surface area contributed by atoms with E-state index in [1.165, 1.54) is 0 Å². The Balaban J connectivity index is 5.03. The second-order valence-corrected chi connectivity index (χ2v) is 13.1. The number of aliphatic hydroxyl groups excluding tert-OH is 1. The molecule has 0 unspecified atom stereocenters. The van der Waals surface area contributed by atoms with Crippen molar-refractivity contribution in [2.75, 3.05) is 6.61 Å². The number of nitrogens with one attached hydrogen (secondary N) is 1. The fourth-order valence-corrected chi connectivity index (χ4v) is 3.12. The van der Waals surface area contributed by atoms with Gasteiger partial charge in [-0.15, -0.1) is 0 Å². The molecule has 0 aromatic carbocycles. The molecule has 0 fully saturated rings. The summed E-state index contributed by atoms with van der Waals surface area (Å²) in [7, 11) is -1.96. The maximum absolute atomic E-state index is 12.0. The van der Waals surface area contributed by atoms with E-state index in [0.717, 1.165) is 0 Å². The average molecular weight is 346 g/mol. The minimum atomic E-state index is -1.96. The quantitative estimate of drug-likeness (QED) is 0.567. The molecule has 0 radical (unpaired) electrons. The lowest BCUT2D eigenvalue weighted by Gasteiger charge is -2.40. The van der Waals surface area contributed by atoms with E-state index in [0.29, 0.717) is 0 Å². The number of carbonyl (C=O) groups is 1. The molecule has 2 atom stereocenters. The first kappa shape index (κ1) is 22.1. The molecule has 0 aliphatic heterocycles. The fraction of sp³-hybridized carbons (Fsp3) is 0.824. The number of rotatable bonds is 6. The molecule has 6 heteroatoms. The number of amides is 1. The van der Waals surface area contributed by atoms with Gasteiger partial charge in [-0.2, -0.15) is 0 Å². The minimum absolute atomic E-state index is 0.0818. The SMILES string of the molecule is C[C@H](O[Si](C)(C)C(C)(C)C)[C@@H](/C=C/CO)NC(=O)OC(C)(C)C. The zero-order valence-electron chi connectivity index (χ0n) is 16.2. The van der Waals surface area contributed by atoms with E-state index in [-0.39, 0.29) is 23.8 Å². The van der Waals surface area contributed by atoms with E-state index < -0.39 is 20.0 Å². The maximum Gasteiger partial charge on any atom is 0.408 e. The van der Waals surface area contributed by atoms with E-state index in [4.69, 9.17) is 14.3 Å². The number of carbonyl (C=O) groups excluding carboxylic acids is 1. The molecule has 0 saturated carbocycles. The summed E-state index contributed by atoms with van der Waals surface area (Å²) in [5.41, 5.74) is -0.557. The van der Waals surface area contributed by atoms with Crippen LogP contribution in [0.5, 0.6) is 0 Å². The first-order valence-electron chi connectivity index (χ1n) is 8.14. The molecule has 2 N–H and O–H groups in total. The van der Waals surface area contributed by atoms with Crippen LogP contribution in [0.25, 0.3) is 0 Å². The van der Waals surface area contributed by atoms with Crippen LogP contribution >= 0.6 is 0 Å². The van der Waals surface area contributed by atoms with Crippen molar-refractivity contribution in [2.45, 2.75) is 84.3 Å². The molecule has 1 amide bonds. The highest BCUT2D eigenvalue weighted by atomic mass is 28.4. The van der Waals surface area contributed by atoms with Crippen LogP contribution in [-0.2, 0) is 9.16 Å². The van der Waals surface area contributed by atoms with Crippen molar-refractivity contribution < 1.29 is 19.1 Å². The number of alkyl carbamates (subject to hydrolysis) is 1. The molecule has 136 valence electrons. The molecule has 0 bridgehead atoms. The highest BCUT2D eigenvalue weighted by Gasteiger charge is 2.39. The molecule has 5 nitrogen and oxygen atoms in total.